The number of sulfonamides is 1. The van der Waals surface area contributed by atoms with Gasteiger partial charge in [0.2, 0.25) is 10.0 Å². The Morgan fingerprint density at radius 2 is 2.28 bits per heavy atom. The molecule has 0 saturated carbocycles. The van der Waals surface area contributed by atoms with Gasteiger partial charge >= 0.3 is 5.97 Å². The summed E-state index contributed by atoms with van der Waals surface area (Å²) in [5, 5.41) is 8.69. The van der Waals surface area contributed by atoms with Crippen molar-refractivity contribution in [1.82, 2.24) is 9.71 Å². The van der Waals surface area contributed by atoms with E-state index in [0.29, 0.717) is 6.61 Å². The zero-order chi connectivity index (χ0) is 13.8. The van der Waals surface area contributed by atoms with Crippen LogP contribution in [0.5, 0.6) is 0 Å². The van der Waals surface area contributed by atoms with Crippen molar-refractivity contribution in [2.24, 2.45) is 0 Å². The highest BCUT2D eigenvalue weighted by molar-refractivity contribution is 7.89. The summed E-state index contributed by atoms with van der Waals surface area (Å²) in [5.74, 6) is -1.21. The van der Waals surface area contributed by atoms with Crippen molar-refractivity contribution < 1.29 is 23.1 Å². The molecule has 0 radical (unpaired) electrons. The van der Waals surface area contributed by atoms with Crippen LogP contribution in [0.2, 0.25) is 0 Å². The van der Waals surface area contributed by atoms with Crippen LogP contribution in [0.4, 0.5) is 0 Å². The number of H-pyrrole nitrogens is 1. The summed E-state index contributed by atoms with van der Waals surface area (Å²) in [7, 11) is -3.71. The number of nitrogens with one attached hydrogen (secondary N) is 2. The highest BCUT2D eigenvalue weighted by Gasteiger charge is 2.18. The van der Waals surface area contributed by atoms with Gasteiger partial charge in [-0.1, -0.05) is 0 Å². The molecule has 0 aromatic carbocycles. The zero-order valence-electron chi connectivity index (χ0n) is 10.1. The standard InChI is InChI=1S/C10H16N2O5S/c1-3-17-7(2)5-12-18(15,16)8-4-9(10(13)14)11-6-8/h4,6-7,11-12H,3,5H2,1-2H3,(H,13,14). The van der Waals surface area contributed by atoms with Crippen LogP contribution in [0.15, 0.2) is 17.2 Å². The number of rotatable bonds is 7. The molecule has 1 aromatic rings. The fourth-order valence-electron chi connectivity index (χ4n) is 1.31. The molecule has 0 aliphatic rings. The Labute approximate surface area is 105 Å². The molecule has 1 rings (SSSR count). The summed E-state index contributed by atoms with van der Waals surface area (Å²) in [6.07, 6.45) is 0.889. The topological polar surface area (TPSA) is 108 Å². The molecule has 18 heavy (non-hydrogen) atoms. The Balaban J connectivity index is 2.71. The first-order chi connectivity index (χ1) is 8.36. The molecule has 1 heterocycles. The van der Waals surface area contributed by atoms with Gasteiger partial charge in [-0.2, -0.15) is 0 Å². The van der Waals surface area contributed by atoms with Gasteiger partial charge in [0.1, 0.15) is 10.6 Å². The van der Waals surface area contributed by atoms with E-state index in [-0.39, 0.29) is 23.2 Å². The molecule has 1 unspecified atom stereocenters. The van der Waals surface area contributed by atoms with Gasteiger partial charge in [-0.15, -0.1) is 0 Å². The first kappa shape index (κ1) is 14.7. The van der Waals surface area contributed by atoms with E-state index in [1.807, 2.05) is 6.92 Å². The monoisotopic (exact) mass is 276 g/mol. The van der Waals surface area contributed by atoms with Gasteiger partial charge in [-0.25, -0.2) is 17.9 Å². The van der Waals surface area contributed by atoms with Gasteiger partial charge in [0.25, 0.3) is 0 Å². The van der Waals surface area contributed by atoms with E-state index in [4.69, 9.17) is 9.84 Å². The Bertz CT molecular complexity index is 508. The summed E-state index contributed by atoms with van der Waals surface area (Å²) in [5.41, 5.74) is -0.173. The molecule has 3 N–H and O–H groups in total. The van der Waals surface area contributed by atoms with Crippen LogP contribution in [0.25, 0.3) is 0 Å². The van der Waals surface area contributed by atoms with Crippen molar-refractivity contribution in [3.63, 3.8) is 0 Å². The smallest absolute Gasteiger partial charge is 0.352 e. The quantitative estimate of drug-likeness (QED) is 0.668. The molecule has 0 saturated heterocycles. The Morgan fingerprint density at radius 3 is 2.78 bits per heavy atom. The highest BCUT2D eigenvalue weighted by atomic mass is 32.2. The van der Waals surface area contributed by atoms with Crippen molar-refractivity contribution in [2.75, 3.05) is 13.2 Å². The van der Waals surface area contributed by atoms with Crippen molar-refractivity contribution in [3.8, 4) is 0 Å². The van der Waals surface area contributed by atoms with Gasteiger partial charge in [0.15, 0.2) is 0 Å². The Morgan fingerprint density at radius 1 is 1.61 bits per heavy atom. The molecule has 0 amide bonds. The van der Waals surface area contributed by atoms with E-state index in [1.54, 1.807) is 6.92 Å². The van der Waals surface area contributed by atoms with Gasteiger partial charge in [0.05, 0.1) is 6.10 Å². The molecule has 0 bridgehead atoms. The van der Waals surface area contributed by atoms with Gasteiger partial charge in [-0.3, -0.25) is 0 Å². The van der Waals surface area contributed by atoms with Crippen LogP contribution in [-0.2, 0) is 14.8 Å². The van der Waals surface area contributed by atoms with Crippen LogP contribution in [0, 0.1) is 0 Å². The van der Waals surface area contributed by atoms with Crippen LogP contribution in [0.1, 0.15) is 24.3 Å². The number of carboxylic acids is 1. The van der Waals surface area contributed by atoms with Gasteiger partial charge in [-0.05, 0) is 19.9 Å². The minimum absolute atomic E-state index is 0.108. The second-order valence-electron chi connectivity index (χ2n) is 3.67. The lowest BCUT2D eigenvalue weighted by Crippen LogP contribution is -2.32. The van der Waals surface area contributed by atoms with Crippen molar-refractivity contribution in [2.45, 2.75) is 24.8 Å². The first-order valence-corrected chi connectivity index (χ1v) is 6.88. The minimum atomic E-state index is -3.71. The number of carbonyl (C=O) groups is 1. The normalized spacial score (nSPS) is 13.4. The summed E-state index contributed by atoms with van der Waals surface area (Å²) in [6.45, 7) is 4.18. The third-order valence-corrected chi connectivity index (χ3v) is 3.61. The molecule has 1 atom stereocenters. The number of aromatic carboxylic acids is 1. The maximum Gasteiger partial charge on any atom is 0.352 e. The second-order valence-corrected chi connectivity index (χ2v) is 5.44. The molecular weight excluding hydrogens is 260 g/mol. The molecule has 1 aromatic heterocycles. The van der Waals surface area contributed by atoms with Crippen molar-refractivity contribution in [1.29, 1.82) is 0 Å². The van der Waals surface area contributed by atoms with E-state index < -0.39 is 16.0 Å². The summed E-state index contributed by atoms with van der Waals surface area (Å²) in [6, 6.07) is 1.07. The largest absolute Gasteiger partial charge is 0.477 e. The van der Waals surface area contributed by atoms with E-state index in [2.05, 4.69) is 9.71 Å². The lowest BCUT2D eigenvalue weighted by molar-refractivity contribution is 0.0691. The molecule has 7 nitrogen and oxygen atoms in total. The maximum absolute atomic E-state index is 11.8. The lowest BCUT2D eigenvalue weighted by Gasteiger charge is -2.12. The number of aromatic nitrogens is 1. The third kappa shape index (κ3) is 3.83. The molecule has 8 heteroatoms. The minimum Gasteiger partial charge on any atom is -0.477 e. The van der Waals surface area contributed by atoms with Crippen LogP contribution < -0.4 is 4.72 Å². The predicted octanol–water partition coefficient (Wildman–Crippen LogP) is 0.416. The lowest BCUT2D eigenvalue weighted by atomic mass is 10.4. The average Bonchev–Trinajstić information content (AvgIpc) is 2.77. The van der Waals surface area contributed by atoms with Crippen LogP contribution in [-0.4, -0.2) is 43.7 Å². The number of ether oxygens (including phenoxy) is 1. The fraction of sp³-hybridized carbons (Fsp3) is 0.500. The predicted molar refractivity (Wildman–Crippen MR) is 64.0 cm³/mol. The molecular formula is C10H16N2O5S. The van der Waals surface area contributed by atoms with Gasteiger partial charge in [0, 0.05) is 19.3 Å². The molecule has 102 valence electrons. The van der Waals surface area contributed by atoms with Crippen LogP contribution in [0.3, 0.4) is 0 Å². The molecule has 0 fully saturated rings. The highest BCUT2D eigenvalue weighted by Crippen LogP contribution is 2.10. The number of aromatic amines is 1. The van der Waals surface area contributed by atoms with E-state index >= 15 is 0 Å². The number of carboxylic acid groups (broad SMARTS) is 1. The Hall–Kier alpha value is -1.38. The van der Waals surface area contributed by atoms with Crippen molar-refractivity contribution >= 4 is 16.0 Å². The van der Waals surface area contributed by atoms with Gasteiger partial charge < -0.3 is 14.8 Å². The third-order valence-electron chi connectivity index (χ3n) is 2.21. The Kier molecular flexibility index (Phi) is 4.88. The molecule has 0 spiro atoms. The van der Waals surface area contributed by atoms with Crippen molar-refractivity contribution in [3.05, 3.63) is 18.0 Å². The van der Waals surface area contributed by atoms with E-state index in [0.717, 1.165) is 12.3 Å². The number of hydrogen-bond donors (Lipinski definition) is 3. The summed E-state index contributed by atoms with van der Waals surface area (Å²) in [4.78, 5) is 12.9. The summed E-state index contributed by atoms with van der Waals surface area (Å²) >= 11 is 0. The second kappa shape index (κ2) is 5.98. The maximum atomic E-state index is 11.8. The zero-order valence-corrected chi connectivity index (χ0v) is 11.0. The average molecular weight is 276 g/mol. The van der Waals surface area contributed by atoms with Crippen LogP contribution >= 0.6 is 0 Å². The molecule has 0 aliphatic heterocycles. The fourth-order valence-corrected chi connectivity index (χ4v) is 2.41. The SMILES string of the molecule is CCOC(C)CNS(=O)(=O)c1c[nH]c(C(=O)O)c1. The summed E-state index contributed by atoms with van der Waals surface area (Å²) < 4.78 is 31.1. The van der Waals surface area contributed by atoms with E-state index in [9.17, 15) is 13.2 Å². The molecule has 0 aliphatic carbocycles. The number of hydrogen-bond acceptors (Lipinski definition) is 4. The first-order valence-electron chi connectivity index (χ1n) is 5.39. The van der Waals surface area contributed by atoms with E-state index in [1.165, 1.54) is 0 Å².